The topological polar surface area (TPSA) is 75.3 Å². The number of nitrogen functional groups attached to an aromatic ring is 1. The van der Waals surface area contributed by atoms with E-state index in [1.54, 1.807) is 0 Å². The lowest BCUT2D eigenvalue weighted by atomic mass is 10.1. The average molecular weight is 325 g/mol. The van der Waals surface area contributed by atoms with Crippen LogP contribution in [-0.2, 0) is 0 Å². The Balaban J connectivity index is 2.30. The van der Waals surface area contributed by atoms with Crippen LogP contribution in [0, 0.1) is 5.82 Å². The molecule has 0 saturated heterocycles. The molecule has 4 N–H and O–H groups in total. The summed E-state index contributed by atoms with van der Waals surface area (Å²) in [5, 5.41) is 11.9. The van der Waals surface area contributed by atoms with Gasteiger partial charge in [-0.25, -0.2) is 4.39 Å². The van der Waals surface area contributed by atoms with Crippen LogP contribution in [0.1, 0.15) is 10.4 Å². The predicted octanol–water partition coefficient (Wildman–Crippen LogP) is 3.13. The molecular formula is C13H10BrFN2O2. The molecule has 0 spiro atoms. The maximum Gasteiger partial charge on any atom is 0.257 e. The second-order valence-electron chi connectivity index (χ2n) is 3.85. The van der Waals surface area contributed by atoms with Gasteiger partial charge in [-0.05, 0) is 52.3 Å². The number of nitrogens with two attached hydrogens (primary N) is 1. The first-order valence-electron chi connectivity index (χ1n) is 5.32. The molecule has 0 aliphatic heterocycles. The number of aromatic hydroxyl groups is 1. The second-order valence-corrected chi connectivity index (χ2v) is 4.70. The standard InChI is InChI=1S/C13H10BrFN2O2/c14-10-3-1-7(15)5-12(10)17-13(19)9-6-8(18)2-4-11(9)16/h1-6,18H,16H2,(H,17,19). The van der Waals surface area contributed by atoms with E-state index >= 15 is 0 Å². The Bertz CT molecular complexity index is 647. The Hall–Kier alpha value is -2.08. The molecule has 2 aromatic rings. The van der Waals surface area contributed by atoms with Crippen LogP contribution in [0.15, 0.2) is 40.9 Å². The first-order valence-corrected chi connectivity index (χ1v) is 6.11. The van der Waals surface area contributed by atoms with Gasteiger partial charge in [-0.3, -0.25) is 4.79 Å². The highest BCUT2D eigenvalue weighted by atomic mass is 79.9. The molecule has 0 aliphatic rings. The Kier molecular flexibility index (Phi) is 3.71. The maximum atomic E-state index is 13.1. The number of phenols is 1. The summed E-state index contributed by atoms with van der Waals surface area (Å²) >= 11 is 3.20. The van der Waals surface area contributed by atoms with Crippen LogP contribution in [0.5, 0.6) is 5.75 Å². The molecule has 2 rings (SSSR count). The smallest absolute Gasteiger partial charge is 0.257 e. The largest absolute Gasteiger partial charge is 0.508 e. The van der Waals surface area contributed by atoms with Crippen molar-refractivity contribution in [1.29, 1.82) is 0 Å². The molecule has 98 valence electrons. The lowest BCUT2D eigenvalue weighted by molar-refractivity contribution is 0.102. The quantitative estimate of drug-likeness (QED) is 0.586. The highest BCUT2D eigenvalue weighted by Gasteiger charge is 2.12. The van der Waals surface area contributed by atoms with E-state index < -0.39 is 11.7 Å². The van der Waals surface area contributed by atoms with E-state index in [-0.39, 0.29) is 22.7 Å². The second kappa shape index (κ2) is 5.27. The van der Waals surface area contributed by atoms with E-state index in [1.807, 2.05) is 0 Å². The summed E-state index contributed by atoms with van der Waals surface area (Å²) in [5.41, 5.74) is 6.29. The molecule has 0 atom stereocenters. The molecule has 0 heterocycles. The van der Waals surface area contributed by atoms with Gasteiger partial charge < -0.3 is 16.2 Å². The van der Waals surface area contributed by atoms with Crippen LogP contribution in [0.2, 0.25) is 0 Å². The van der Waals surface area contributed by atoms with Crippen LogP contribution in [0.3, 0.4) is 0 Å². The minimum absolute atomic E-state index is 0.0716. The van der Waals surface area contributed by atoms with E-state index in [4.69, 9.17) is 5.73 Å². The summed E-state index contributed by atoms with van der Waals surface area (Å²) in [5.74, 6) is -1.07. The number of carbonyl (C=O) groups excluding carboxylic acids is 1. The Morgan fingerprint density at radius 1 is 1.26 bits per heavy atom. The van der Waals surface area contributed by atoms with Gasteiger partial charge in [0, 0.05) is 10.2 Å². The van der Waals surface area contributed by atoms with Gasteiger partial charge in [0.2, 0.25) is 0 Å². The normalized spacial score (nSPS) is 10.2. The Morgan fingerprint density at radius 2 is 2.00 bits per heavy atom. The zero-order chi connectivity index (χ0) is 14.0. The predicted molar refractivity (Wildman–Crippen MR) is 74.6 cm³/mol. The molecule has 19 heavy (non-hydrogen) atoms. The van der Waals surface area contributed by atoms with Crippen molar-refractivity contribution in [3.05, 3.63) is 52.3 Å². The van der Waals surface area contributed by atoms with Gasteiger partial charge in [-0.1, -0.05) is 0 Å². The van der Waals surface area contributed by atoms with E-state index in [0.717, 1.165) is 0 Å². The molecule has 0 saturated carbocycles. The zero-order valence-electron chi connectivity index (χ0n) is 9.65. The van der Waals surface area contributed by atoms with Crippen molar-refractivity contribution in [3.63, 3.8) is 0 Å². The van der Waals surface area contributed by atoms with E-state index in [0.29, 0.717) is 4.47 Å². The highest BCUT2D eigenvalue weighted by molar-refractivity contribution is 9.10. The molecule has 0 radical (unpaired) electrons. The third-order valence-electron chi connectivity index (χ3n) is 2.46. The summed E-state index contributed by atoms with van der Waals surface area (Å²) in [6, 6.07) is 7.98. The molecule has 0 bridgehead atoms. The van der Waals surface area contributed by atoms with Crippen molar-refractivity contribution in [2.45, 2.75) is 0 Å². The molecule has 1 amide bonds. The van der Waals surface area contributed by atoms with Crippen LogP contribution < -0.4 is 11.1 Å². The average Bonchev–Trinajstić information content (AvgIpc) is 2.36. The summed E-state index contributed by atoms with van der Waals surface area (Å²) < 4.78 is 13.6. The SMILES string of the molecule is Nc1ccc(O)cc1C(=O)Nc1cc(F)ccc1Br. The third-order valence-corrected chi connectivity index (χ3v) is 3.15. The number of halogens is 2. The van der Waals surface area contributed by atoms with E-state index in [1.165, 1.54) is 36.4 Å². The van der Waals surface area contributed by atoms with Gasteiger partial charge >= 0.3 is 0 Å². The summed E-state index contributed by atoms with van der Waals surface area (Å²) in [6.45, 7) is 0. The first-order chi connectivity index (χ1) is 8.97. The summed E-state index contributed by atoms with van der Waals surface area (Å²) in [6.07, 6.45) is 0. The molecule has 2 aromatic carbocycles. The molecular weight excluding hydrogens is 315 g/mol. The first kappa shape index (κ1) is 13.4. The number of hydrogen-bond donors (Lipinski definition) is 3. The van der Waals surface area contributed by atoms with Crippen LogP contribution in [-0.4, -0.2) is 11.0 Å². The van der Waals surface area contributed by atoms with Crippen LogP contribution >= 0.6 is 15.9 Å². The summed E-state index contributed by atoms with van der Waals surface area (Å²) in [4.78, 5) is 12.0. The number of anilines is 2. The zero-order valence-corrected chi connectivity index (χ0v) is 11.2. The van der Waals surface area contributed by atoms with Gasteiger partial charge in [-0.15, -0.1) is 0 Å². The van der Waals surface area contributed by atoms with Crippen molar-refractivity contribution in [2.75, 3.05) is 11.1 Å². The maximum absolute atomic E-state index is 13.1. The van der Waals surface area contributed by atoms with Gasteiger partial charge in [0.1, 0.15) is 11.6 Å². The van der Waals surface area contributed by atoms with Gasteiger partial charge in [-0.2, -0.15) is 0 Å². The fraction of sp³-hybridized carbons (Fsp3) is 0. The number of carbonyl (C=O) groups is 1. The number of amides is 1. The minimum atomic E-state index is -0.528. The van der Waals surface area contributed by atoms with Gasteiger partial charge in [0.15, 0.2) is 0 Å². The monoisotopic (exact) mass is 324 g/mol. The Morgan fingerprint density at radius 3 is 2.74 bits per heavy atom. The summed E-state index contributed by atoms with van der Waals surface area (Å²) in [7, 11) is 0. The van der Waals surface area contributed by atoms with Gasteiger partial charge in [0.05, 0.1) is 11.3 Å². The van der Waals surface area contributed by atoms with E-state index in [2.05, 4.69) is 21.2 Å². The van der Waals surface area contributed by atoms with Crippen molar-refractivity contribution in [3.8, 4) is 5.75 Å². The van der Waals surface area contributed by atoms with Crippen molar-refractivity contribution in [2.24, 2.45) is 0 Å². The molecule has 0 aliphatic carbocycles. The van der Waals surface area contributed by atoms with Crippen LogP contribution in [0.25, 0.3) is 0 Å². The van der Waals surface area contributed by atoms with Crippen LogP contribution in [0.4, 0.5) is 15.8 Å². The third kappa shape index (κ3) is 3.03. The fourth-order valence-electron chi connectivity index (χ4n) is 1.52. The number of hydrogen-bond acceptors (Lipinski definition) is 3. The number of nitrogens with one attached hydrogen (secondary N) is 1. The highest BCUT2D eigenvalue weighted by Crippen LogP contribution is 2.25. The Labute approximate surface area is 117 Å². The molecule has 0 unspecified atom stereocenters. The number of benzene rings is 2. The van der Waals surface area contributed by atoms with Crippen molar-refractivity contribution in [1.82, 2.24) is 0 Å². The van der Waals surface area contributed by atoms with E-state index in [9.17, 15) is 14.3 Å². The number of phenolic OH excluding ortho intramolecular Hbond substituents is 1. The van der Waals surface area contributed by atoms with Crippen molar-refractivity contribution < 1.29 is 14.3 Å². The van der Waals surface area contributed by atoms with Crippen molar-refractivity contribution >= 4 is 33.2 Å². The fourth-order valence-corrected chi connectivity index (χ4v) is 1.87. The lowest BCUT2D eigenvalue weighted by Crippen LogP contribution is -2.14. The molecule has 0 aromatic heterocycles. The molecule has 0 fully saturated rings. The molecule has 4 nitrogen and oxygen atoms in total. The number of rotatable bonds is 2. The van der Waals surface area contributed by atoms with Gasteiger partial charge in [0.25, 0.3) is 5.91 Å². The molecule has 6 heteroatoms. The lowest BCUT2D eigenvalue weighted by Gasteiger charge is -2.09. The minimum Gasteiger partial charge on any atom is -0.508 e.